The van der Waals surface area contributed by atoms with E-state index in [0.717, 1.165) is 12.8 Å². The Morgan fingerprint density at radius 1 is 1.33 bits per heavy atom. The lowest BCUT2D eigenvalue weighted by molar-refractivity contribution is 0.597. The van der Waals surface area contributed by atoms with E-state index in [1.54, 1.807) is 24.3 Å². The van der Waals surface area contributed by atoms with E-state index in [2.05, 4.69) is 4.40 Å². The van der Waals surface area contributed by atoms with E-state index in [4.69, 9.17) is 11.6 Å². The topological polar surface area (TPSA) is 46.5 Å². The first-order chi connectivity index (χ1) is 7.09. The van der Waals surface area contributed by atoms with Crippen molar-refractivity contribution in [3.05, 3.63) is 34.9 Å². The zero-order chi connectivity index (χ0) is 10.9. The molecule has 1 aromatic rings. The summed E-state index contributed by atoms with van der Waals surface area (Å²) in [6.45, 7) is 0. The number of sulfonamides is 1. The Labute approximate surface area is 93.8 Å². The van der Waals surface area contributed by atoms with Crippen LogP contribution in [0.25, 0.3) is 0 Å². The van der Waals surface area contributed by atoms with Gasteiger partial charge in [0.05, 0.1) is 5.25 Å². The van der Waals surface area contributed by atoms with Crippen LogP contribution in [0.3, 0.4) is 0 Å². The maximum atomic E-state index is 11.4. The monoisotopic (exact) mass is 243 g/mol. The molecular formula is C10H10ClNO2S. The summed E-state index contributed by atoms with van der Waals surface area (Å²) < 4.78 is 26.5. The van der Waals surface area contributed by atoms with E-state index >= 15 is 0 Å². The van der Waals surface area contributed by atoms with Gasteiger partial charge in [0.15, 0.2) is 0 Å². The summed E-state index contributed by atoms with van der Waals surface area (Å²) in [5.41, 5.74) is 0.628. The molecule has 80 valence electrons. The van der Waals surface area contributed by atoms with Crippen LogP contribution in [-0.4, -0.2) is 19.9 Å². The van der Waals surface area contributed by atoms with E-state index in [1.165, 1.54) is 6.21 Å². The Morgan fingerprint density at radius 2 is 2.00 bits per heavy atom. The fraction of sp³-hybridized carbons (Fsp3) is 0.300. The molecule has 0 spiro atoms. The van der Waals surface area contributed by atoms with Crippen LogP contribution in [0.5, 0.6) is 0 Å². The number of hydrogen-bond acceptors (Lipinski definition) is 2. The molecular weight excluding hydrogens is 234 g/mol. The van der Waals surface area contributed by atoms with Crippen LogP contribution in [0.15, 0.2) is 28.7 Å². The van der Waals surface area contributed by atoms with Gasteiger partial charge < -0.3 is 0 Å². The molecule has 0 aliphatic heterocycles. The normalized spacial score (nSPS) is 17.1. The van der Waals surface area contributed by atoms with Crippen molar-refractivity contribution >= 4 is 27.8 Å². The predicted octanol–water partition coefficient (Wildman–Crippen LogP) is 2.25. The van der Waals surface area contributed by atoms with E-state index in [0.29, 0.717) is 10.6 Å². The molecule has 0 aromatic heterocycles. The summed E-state index contributed by atoms with van der Waals surface area (Å²) in [5.74, 6) is 0. The molecule has 15 heavy (non-hydrogen) atoms. The van der Waals surface area contributed by atoms with Gasteiger partial charge in [-0.2, -0.15) is 4.40 Å². The zero-order valence-electron chi connectivity index (χ0n) is 7.93. The highest BCUT2D eigenvalue weighted by atomic mass is 35.5. The number of rotatable bonds is 3. The lowest BCUT2D eigenvalue weighted by atomic mass is 10.2. The molecule has 1 aliphatic rings. The van der Waals surface area contributed by atoms with Gasteiger partial charge in [0.25, 0.3) is 10.0 Å². The van der Waals surface area contributed by atoms with Crippen molar-refractivity contribution in [1.82, 2.24) is 0 Å². The molecule has 1 aromatic carbocycles. The third kappa shape index (κ3) is 2.58. The van der Waals surface area contributed by atoms with Crippen LogP contribution < -0.4 is 0 Å². The van der Waals surface area contributed by atoms with Crippen LogP contribution in [0, 0.1) is 0 Å². The van der Waals surface area contributed by atoms with Crippen molar-refractivity contribution in [2.24, 2.45) is 4.40 Å². The van der Waals surface area contributed by atoms with Crippen LogP contribution in [-0.2, 0) is 10.0 Å². The second-order valence-corrected chi connectivity index (χ2v) is 5.78. The molecule has 0 bridgehead atoms. The van der Waals surface area contributed by atoms with Gasteiger partial charge in [0.1, 0.15) is 0 Å². The summed E-state index contributed by atoms with van der Waals surface area (Å²) in [6.07, 6.45) is 2.76. The summed E-state index contributed by atoms with van der Waals surface area (Å²) >= 11 is 5.86. The van der Waals surface area contributed by atoms with Gasteiger partial charge in [-0.15, -0.1) is 0 Å². The van der Waals surface area contributed by atoms with Crippen molar-refractivity contribution in [3.8, 4) is 0 Å². The van der Waals surface area contributed by atoms with Gasteiger partial charge in [-0.1, -0.05) is 29.8 Å². The Bertz CT molecular complexity index is 492. The molecule has 0 N–H and O–H groups in total. The predicted molar refractivity (Wildman–Crippen MR) is 61.0 cm³/mol. The molecule has 5 heteroatoms. The van der Waals surface area contributed by atoms with Crippen LogP contribution >= 0.6 is 11.6 Å². The number of benzene rings is 1. The van der Waals surface area contributed by atoms with Gasteiger partial charge in [-0.05, 0) is 18.9 Å². The lowest BCUT2D eigenvalue weighted by Crippen LogP contribution is -2.02. The van der Waals surface area contributed by atoms with Gasteiger partial charge in [0, 0.05) is 16.8 Å². The molecule has 1 fully saturated rings. The minimum atomic E-state index is -3.29. The standard InChI is InChI=1S/C10H10ClNO2S/c11-10-4-2-1-3-8(10)7-12-15(13,14)9-5-6-9/h1-4,7,9H,5-6H2/b12-7+. The Kier molecular flexibility index (Phi) is 2.80. The molecule has 0 heterocycles. The summed E-state index contributed by atoms with van der Waals surface area (Å²) in [5, 5.41) is 0.239. The fourth-order valence-corrected chi connectivity index (χ4v) is 2.51. The largest absolute Gasteiger partial charge is 0.255 e. The first-order valence-corrected chi connectivity index (χ1v) is 6.51. The SMILES string of the molecule is O=S(=O)(/N=C/c1ccccc1Cl)C1CC1. The minimum Gasteiger partial charge on any atom is -0.204 e. The van der Waals surface area contributed by atoms with Gasteiger partial charge in [0.2, 0.25) is 0 Å². The van der Waals surface area contributed by atoms with Gasteiger partial charge >= 0.3 is 0 Å². The van der Waals surface area contributed by atoms with Gasteiger partial charge in [-0.3, -0.25) is 0 Å². The fourth-order valence-electron chi connectivity index (χ4n) is 1.16. The van der Waals surface area contributed by atoms with Crippen molar-refractivity contribution in [3.63, 3.8) is 0 Å². The molecule has 1 aliphatic carbocycles. The highest BCUT2D eigenvalue weighted by molar-refractivity contribution is 7.91. The van der Waals surface area contributed by atoms with E-state index < -0.39 is 10.0 Å². The lowest BCUT2D eigenvalue weighted by Gasteiger charge is -1.96. The second-order valence-electron chi connectivity index (χ2n) is 3.47. The van der Waals surface area contributed by atoms with E-state index in [9.17, 15) is 8.42 Å². The smallest absolute Gasteiger partial charge is 0.204 e. The van der Waals surface area contributed by atoms with Crippen molar-refractivity contribution < 1.29 is 8.42 Å². The van der Waals surface area contributed by atoms with Gasteiger partial charge in [-0.25, -0.2) is 8.42 Å². The number of hydrogen-bond donors (Lipinski definition) is 0. The minimum absolute atomic E-state index is 0.267. The Morgan fingerprint density at radius 3 is 2.60 bits per heavy atom. The average molecular weight is 244 g/mol. The average Bonchev–Trinajstić information content (AvgIpc) is 3.00. The van der Waals surface area contributed by atoms with E-state index in [-0.39, 0.29) is 5.25 Å². The zero-order valence-corrected chi connectivity index (χ0v) is 9.50. The first kappa shape index (κ1) is 10.6. The Hall–Kier alpha value is -0.870. The Balaban J connectivity index is 2.22. The van der Waals surface area contributed by atoms with Crippen LogP contribution in [0.2, 0.25) is 5.02 Å². The molecule has 2 rings (SSSR count). The third-order valence-electron chi connectivity index (χ3n) is 2.19. The first-order valence-electron chi connectivity index (χ1n) is 4.63. The quantitative estimate of drug-likeness (QED) is 0.765. The summed E-state index contributed by atoms with van der Waals surface area (Å²) in [7, 11) is -3.29. The second kappa shape index (κ2) is 3.94. The molecule has 1 saturated carbocycles. The third-order valence-corrected chi connectivity index (χ3v) is 4.25. The highest BCUT2D eigenvalue weighted by Gasteiger charge is 2.35. The molecule has 0 amide bonds. The molecule has 0 saturated heterocycles. The van der Waals surface area contributed by atoms with Crippen molar-refractivity contribution in [1.29, 1.82) is 0 Å². The number of nitrogens with zero attached hydrogens (tertiary/aromatic N) is 1. The molecule has 3 nitrogen and oxygen atoms in total. The number of halogens is 1. The summed E-state index contributed by atoms with van der Waals surface area (Å²) in [6, 6.07) is 7.01. The molecule has 0 atom stereocenters. The summed E-state index contributed by atoms with van der Waals surface area (Å²) in [4.78, 5) is 0. The molecule has 0 unspecified atom stereocenters. The van der Waals surface area contributed by atoms with Crippen LogP contribution in [0.4, 0.5) is 0 Å². The van der Waals surface area contributed by atoms with Crippen LogP contribution in [0.1, 0.15) is 18.4 Å². The van der Waals surface area contributed by atoms with Crippen molar-refractivity contribution in [2.75, 3.05) is 0 Å². The maximum absolute atomic E-state index is 11.4. The van der Waals surface area contributed by atoms with E-state index in [1.807, 2.05) is 0 Å². The highest BCUT2D eigenvalue weighted by Crippen LogP contribution is 2.29. The molecule has 0 radical (unpaired) electrons. The maximum Gasteiger partial charge on any atom is 0.255 e. The van der Waals surface area contributed by atoms with Crippen molar-refractivity contribution in [2.45, 2.75) is 18.1 Å².